The monoisotopic (exact) mass is 195 g/mol. The molecule has 0 aromatic carbocycles. The quantitative estimate of drug-likeness (QED) is 0.487. The number of nitrogens with zero attached hydrogens (tertiary/aromatic N) is 2. The van der Waals surface area contributed by atoms with Crippen LogP contribution >= 0.6 is 0 Å². The maximum absolute atomic E-state index is 2.31. The van der Waals surface area contributed by atoms with E-state index in [2.05, 4.69) is 42.6 Å². The molecular formula is C12H23N2+. The summed E-state index contributed by atoms with van der Waals surface area (Å²) in [5.41, 5.74) is 1.42. The molecule has 0 atom stereocenters. The Morgan fingerprint density at radius 3 is 2.57 bits per heavy atom. The Balaban J connectivity index is 2.35. The topological polar surface area (TPSA) is 8.81 Å². The van der Waals surface area contributed by atoms with Crippen molar-refractivity contribution in [1.82, 2.24) is 4.57 Å². The second-order valence-electron chi connectivity index (χ2n) is 4.00. The Hall–Kier alpha value is -0.790. The summed E-state index contributed by atoms with van der Waals surface area (Å²) < 4.78 is 4.54. The molecule has 0 aliphatic heterocycles. The maximum Gasteiger partial charge on any atom is 0.243 e. The van der Waals surface area contributed by atoms with Gasteiger partial charge in [0.05, 0.1) is 13.6 Å². The third-order valence-electron chi connectivity index (χ3n) is 2.72. The van der Waals surface area contributed by atoms with Crippen molar-refractivity contribution < 1.29 is 4.57 Å². The van der Waals surface area contributed by atoms with E-state index in [1.54, 1.807) is 0 Å². The predicted molar refractivity (Wildman–Crippen MR) is 59.1 cm³/mol. The summed E-state index contributed by atoms with van der Waals surface area (Å²) >= 11 is 0. The Labute approximate surface area is 87.6 Å². The number of hydrogen-bond donors (Lipinski definition) is 0. The van der Waals surface area contributed by atoms with Gasteiger partial charge in [0.25, 0.3) is 0 Å². The van der Waals surface area contributed by atoms with Gasteiger partial charge in [-0.05, 0) is 12.8 Å². The van der Waals surface area contributed by atoms with Gasteiger partial charge in [-0.15, -0.1) is 0 Å². The number of rotatable bonds is 6. The summed E-state index contributed by atoms with van der Waals surface area (Å²) in [7, 11) is 2.13. The zero-order chi connectivity index (χ0) is 10.4. The molecule has 0 unspecified atom stereocenters. The minimum Gasteiger partial charge on any atom is -0.237 e. The van der Waals surface area contributed by atoms with Crippen LogP contribution in [0.25, 0.3) is 0 Å². The molecule has 0 aliphatic carbocycles. The van der Waals surface area contributed by atoms with Crippen LogP contribution in [0.4, 0.5) is 0 Å². The number of imidazole rings is 1. The van der Waals surface area contributed by atoms with Crippen LogP contribution in [-0.4, -0.2) is 4.57 Å². The van der Waals surface area contributed by atoms with Gasteiger partial charge in [-0.2, -0.15) is 0 Å². The number of unbranched alkanes of at least 4 members (excludes halogenated alkanes) is 3. The van der Waals surface area contributed by atoms with Crippen molar-refractivity contribution in [2.24, 2.45) is 7.05 Å². The van der Waals surface area contributed by atoms with Crippen LogP contribution in [0.3, 0.4) is 0 Å². The first-order valence-corrected chi connectivity index (χ1v) is 5.82. The second-order valence-corrected chi connectivity index (χ2v) is 4.00. The first-order chi connectivity index (χ1) is 6.77. The molecule has 0 bridgehead atoms. The van der Waals surface area contributed by atoms with E-state index in [9.17, 15) is 0 Å². The van der Waals surface area contributed by atoms with E-state index in [0.717, 1.165) is 6.42 Å². The molecule has 14 heavy (non-hydrogen) atoms. The summed E-state index contributed by atoms with van der Waals surface area (Å²) in [5, 5.41) is 0. The van der Waals surface area contributed by atoms with Gasteiger partial charge in [-0.3, -0.25) is 0 Å². The SMILES string of the molecule is CCCCCCn1cc(CC)[n+](C)c1. The Morgan fingerprint density at radius 2 is 2.00 bits per heavy atom. The molecule has 80 valence electrons. The molecule has 0 saturated carbocycles. The highest BCUT2D eigenvalue weighted by Crippen LogP contribution is 2.02. The minimum absolute atomic E-state index is 1.12. The van der Waals surface area contributed by atoms with E-state index < -0.39 is 0 Å². The van der Waals surface area contributed by atoms with Crippen molar-refractivity contribution in [2.45, 2.75) is 52.5 Å². The first kappa shape index (κ1) is 11.3. The normalized spacial score (nSPS) is 10.8. The van der Waals surface area contributed by atoms with Crippen molar-refractivity contribution in [2.75, 3.05) is 0 Å². The van der Waals surface area contributed by atoms with Crippen LogP contribution in [0.5, 0.6) is 0 Å². The van der Waals surface area contributed by atoms with Gasteiger partial charge >= 0.3 is 0 Å². The van der Waals surface area contributed by atoms with Gasteiger partial charge in [-0.25, -0.2) is 9.13 Å². The molecule has 1 heterocycles. The summed E-state index contributed by atoms with van der Waals surface area (Å²) in [6.45, 7) is 5.63. The fourth-order valence-corrected chi connectivity index (χ4v) is 1.80. The van der Waals surface area contributed by atoms with Gasteiger partial charge in [0.1, 0.15) is 11.9 Å². The zero-order valence-electron chi connectivity index (χ0n) is 9.79. The van der Waals surface area contributed by atoms with E-state index in [1.807, 2.05) is 0 Å². The van der Waals surface area contributed by atoms with Gasteiger partial charge in [0.2, 0.25) is 6.33 Å². The summed E-state index contributed by atoms with van der Waals surface area (Å²) in [4.78, 5) is 0. The molecule has 1 aromatic heterocycles. The summed E-state index contributed by atoms with van der Waals surface area (Å²) in [6, 6.07) is 0. The van der Waals surface area contributed by atoms with Gasteiger partial charge in [0.15, 0.2) is 0 Å². The van der Waals surface area contributed by atoms with E-state index in [0.29, 0.717) is 0 Å². The van der Waals surface area contributed by atoms with Crippen LogP contribution in [0.2, 0.25) is 0 Å². The predicted octanol–water partition coefficient (Wildman–Crippen LogP) is 2.46. The summed E-state index contributed by atoms with van der Waals surface area (Å²) in [5.74, 6) is 0. The molecule has 0 fully saturated rings. The molecule has 2 nitrogen and oxygen atoms in total. The Morgan fingerprint density at radius 1 is 1.21 bits per heavy atom. The minimum atomic E-state index is 1.12. The van der Waals surface area contributed by atoms with E-state index in [4.69, 9.17) is 0 Å². The largest absolute Gasteiger partial charge is 0.243 e. The molecule has 0 amide bonds. The van der Waals surface area contributed by atoms with Crippen molar-refractivity contribution >= 4 is 0 Å². The molecule has 0 N–H and O–H groups in total. The standard InChI is InChI=1S/C12H23N2/c1-4-6-7-8-9-14-10-12(5-2)13(3)11-14/h10-11H,4-9H2,1-3H3/q+1. The van der Waals surface area contributed by atoms with Crippen molar-refractivity contribution in [1.29, 1.82) is 0 Å². The zero-order valence-corrected chi connectivity index (χ0v) is 9.79. The average Bonchev–Trinajstić information content (AvgIpc) is 2.54. The lowest BCUT2D eigenvalue weighted by molar-refractivity contribution is -0.678. The fourth-order valence-electron chi connectivity index (χ4n) is 1.80. The van der Waals surface area contributed by atoms with Crippen molar-refractivity contribution in [3.63, 3.8) is 0 Å². The average molecular weight is 195 g/mol. The molecular weight excluding hydrogens is 172 g/mol. The van der Waals surface area contributed by atoms with E-state index >= 15 is 0 Å². The van der Waals surface area contributed by atoms with E-state index in [1.165, 1.54) is 37.9 Å². The van der Waals surface area contributed by atoms with E-state index in [-0.39, 0.29) is 0 Å². The van der Waals surface area contributed by atoms with Crippen LogP contribution < -0.4 is 4.57 Å². The Kier molecular flexibility index (Phi) is 4.71. The lowest BCUT2D eigenvalue weighted by Crippen LogP contribution is -2.29. The summed E-state index contributed by atoms with van der Waals surface area (Å²) in [6.07, 6.45) is 11.0. The number of hydrogen-bond acceptors (Lipinski definition) is 0. The fraction of sp³-hybridized carbons (Fsp3) is 0.750. The van der Waals surface area contributed by atoms with Crippen molar-refractivity contribution in [3.8, 4) is 0 Å². The van der Waals surface area contributed by atoms with Crippen LogP contribution in [0, 0.1) is 0 Å². The maximum atomic E-state index is 2.31. The van der Waals surface area contributed by atoms with Crippen molar-refractivity contribution in [3.05, 3.63) is 18.2 Å². The lowest BCUT2D eigenvalue weighted by atomic mass is 10.2. The van der Waals surface area contributed by atoms with Crippen LogP contribution in [-0.2, 0) is 20.0 Å². The van der Waals surface area contributed by atoms with Gasteiger partial charge < -0.3 is 0 Å². The first-order valence-electron chi connectivity index (χ1n) is 5.82. The molecule has 0 saturated heterocycles. The Bertz CT molecular complexity index is 263. The van der Waals surface area contributed by atoms with Crippen LogP contribution in [0.1, 0.15) is 45.2 Å². The third kappa shape index (κ3) is 3.17. The third-order valence-corrected chi connectivity index (χ3v) is 2.72. The van der Waals surface area contributed by atoms with Gasteiger partial charge in [-0.1, -0.05) is 26.7 Å². The number of aryl methyl sites for hydroxylation is 3. The smallest absolute Gasteiger partial charge is 0.237 e. The molecule has 1 aromatic rings. The van der Waals surface area contributed by atoms with Crippen LogP contribution in [0.15, 0.2) is 12.5 Å². The lowest BCUT2D eigenvalue weighted by Gasteiger charge is -1.95. The highest BCUT2D eigenvalue weighted by atomic mass is 15.1. The van der Waals surface area contributed by atoms with Gasteiger partial charge in [0, 0.05) is 6.42 Å². The molecule has 2 heteroatoms. The highest BCUT2D eigenvalue weighted by Gasteiger charge is 2.06. The highest BCUT2D eigenvalue weighted by molar-refractivity contribution is 4.87. The molecule has 1 rings (SSSR count). The molecule has 0 aliphatic rings. The molecule has 0 spiro atoms. The number of aromatic nitrogens is 2. The molecule has 0 radical (unpaired) electrons. The second kappa shape index (κ2) is 5.84.